The summed E-state index contributed by atoms with van der Waals surface area (Å²) in [6, 6.07) is 15.0. The van der Waals surface area contributed by atoms with E-state index in [4.69, 9.17) is 9.47 Å². The minimum Gasteiger partial charge on any atom is -0.507 e. The van der Waals surface area contributed by atoms with Gasteiger partial charge >= 0.3 is 0 Å². The fraction of sp³-hybridized carbons (Fsp3) is 0.250. The molecular weight excluding hydrogens is 444 g/mol. The van der Waals surface area contributed by atoms with Crippen molar-refractivity contribution < 1.29 is 24.2 Å². The molecule has 1 aliphatic heterocycles. The van der Waals surface area contributed by atoms with Crippen molar-refractivity contribution in [1.29, 1.82) is 0 Å². The number of amides is 1. The molecule has 4 rings (SSSR count). The van der Waals surface area contributed by atoms with Gasteiger partial charge in [-0.05, 0) is 52.9 Å². The number of hydrogen-bond donors (Lipinski definition) is 1. The van der Waals surface area contributed by atoms with Crippen LogP contribution in [0.1, 0.15) is 43.5 Å². The third kappa shape index (κ3) is 4.25. The Labute approximate surface area is 204 Å². The Kier molecular flexibility index (Phi) is 6.35. The number of anilines is 1. The summed E-state index contributed by atoms with van der Waals surface area (Å²) in [5, 5.41) is 11.6. The third-order valence-corrected chi connectivity index (χ3v) is 6.13. The Balaban J connectivity index is 2.01. The molecule has 1 aliphatic rings. The molecule has 1 unspecified atom stereocenters. The molecule has 3 aromatic rings. The monoisotopic (exact) mass is 472 g/mol. The number of benzene rings is 2. The molecule has 0 radical (unpaired) electrons. The maximum Gasteiger partial charge on any atom is 0.300 e. The van der Waals surface area contributed by atoms with Crippen LogP contribution in [0.5, 0.6) is 11.5 Å². The van der Waals surface area contributed by atoms with Gasteiger partial charge in [0.2, 0.25) is 0 Å². The second-order valence-electron chi connectivity index (χ2n) is 9.29. The first kappa shape index (κ1) is 24.0. The Morgan fingerprint density at radius 2 is 1.60 bits per heavy atom. The largest absolute Gasteiger partial charge is 0.507 e. The molecule has 1 atom stereocenters. The zero-order chi connectivity index (χ0) is 25.3. The minimum absolute atomic E-state index is 0.0311. The van der Waals surface area contributed by atoms with E-state index in [9.17, 15) is 14.7 Å². The van der Waals surface area contributed by atoms with Crippen LogP contribution in [-0.4, -0.2) is 36.0 Å². The summed E-state index contributed by atoms with van der Waals surface area (Å²) < 4.78 is 11.0. The van der Waals surface area contributed by atoms with Crippen LogP contribution in [0, 0.1) is 0 Å². The zero-order valence-electron chi connectivity index (χ0n) is 20.4. The number of ketones is 1. The van der Waals surface area contributed by atoms with Gasteiger partial charge in [0.1, 0.15) is 17.3 Å². The van der Waals surface area contributed by atoms with Crippen molar-refractivity contribution in [3.63, 3.8) is 0 Å². The van der Waals surface area contributed by atoms with Gasteiger partial charge in [0.15, 0.2) is 0 Å². The molecule has 1 saturated heterocycles. The fourth-order valence-corrected chi connectivity index (χ4v) is 4.28. The number of ether oxygens (including phenoxy) is 2. The number of nitrogens with zero attached hydrogens (tertiary/aromatic N) is 2. The number of rotatable bonds is 5. The number of Topliss-reactive ketones (excluding diaryl/α,β-unsaturated/α-hetero) is 1. The molecule has 2 aromatic carbocycles. The molecule has 0 bridgehead atoms. The first-order valence-electron chi connectivity index (χ1n) is 11.2. The summed E-state index contributed by atoms with van der Waals surface area (Å²) in [4.78, 5) is 32.3. The van der Waals surface area contributed by atoms with Gasteiger partial charge in [-0.1, -0.05) is 39.0 Å². The Bertz CT molecular complexity index is 1310. The van der Waals surface area contributed by atoms with Crippen LogP contribution in [0.2, 0.25) is 0 Å². The third-order valence-electron chi connectivity index (χ3n) is 6.13. The van der Waals surface area contributed by atoms with E-state index >= 15 is 0 Å². The highest BCUT2D eigenvalue weighted by Gasteiger charge is 2.48. The molecule has 7 nitrogen and oxygen atoms in total. The topological polar surface area (TPSA) is 89.0 Å². The van der Waals surface area contributed by atoms with Gasteiger partial charge in [0, 0.05) is 12.4 Å². The lowest BCUT2D eigenvalue weighted by molar-refractivity contribution is -0.132. The molecule has 0 spiro atoms. The van der Waals surface area contributed by atoms with E-state index in [2.05, 4.69) is 25.8 Å². The lowest BCUT2D eigenvalue weighted by Gasteiger charge is -2.27. The number of para-hydroxylation sites is 2. The average molecular weight is 473 g/mol. The van der Waals surface area contributed by atoms with E-state index in [0.29, 0.717) is 28.3 Å². The van der Waals surface area contributed by atoms with Crippen molar-refractivity contribution in [1.82, 2.24) is 4.98 Å². The molecule has 0 aliphatic carbocycles. The van der Waals surface area contributed by atoms with Gasteiger partial charge < -0.3 is 14.6 Å². The number of methoxy groups -OCH3 is 2. The number of aromatic nitrogens is 1. The maximum absolute atomic E-state index is 13.5. The van der Waals surface area contributed by atoms with Crippen molar-refractivity contribution in [2.24, 2.45) is 0 Å². The van der Waals surface area contributed by atoms with Gasteiger partial charge in [-0.15, -0.1) is 0 Å². The number of hydrogen-bond acceptors (Lipinski definition) is 6. The summed E-state index contributed by atoms with van der Waals surface area (Å²) >= 11 is 0. The predicted molar refractivity (Wildman–Crippen MR) is 134 cm³/mol. The number of carbonyl (C=O) groups excluding carboxylic acids is 2. The predicted octanol–water partition coefficient (Wildman–Crippen LogP) is 5.02. The molecule has 1 aromatic heterocycles. The molecule has 35 heavy (non-hydrogen) atoms. The Morgan fingerprint density at radius 1 is 0.943 bits per heavy atom. The van der Waals surface area contributed by atoms with Gasteiger partial charge in [0.05, 0.1) is 37.1 Å². The molecule has 1 N–H and O–H groups in total. The van der Waals surface area contributed by atoms with Crippen LogP contribution < -0.4 is 14.4 Å². The standard InChI is InChI=1S/C28H28N2O5/c1-28(2,3)18-10-11-21(34-4)19(16-18)25(31)23-24(17-12-14-29-15-13-17)30(27(33)26(23)32)20-8-6-7-9-22(20)35-5/h6-16,24,31H,1-5H3/b25-23+. The summed E-state index contributed by atoms with van der Waals surface area (Å²) in [6.07, 6.45) is 3.16. The second-order valence-corrected chi connectivity index (χ2v) is 9.29. The van der Waals surface area contributed by atoms with E-state index in [-0.39, 0.29) is 16.7 Å². The number of aliphatic hydroxyl groups excluding tert-OH is 1. The van der Waals surface area contributed by atoms with Gasteiger partial charge in [-0.25, -0.2) is 0 Å². The number of carbonyl (C=O) groups is 2. The van der Waals surface area contributed by atoms with Crippen LogP contribution in [0.15, 0.2) is 72.6 Å². The van der Waals surface area contributed by atoms with Crippen molar-refractivity contribution in [2.45, 2.75) is 32.2 Å². The molecule has 1 fully saturated rings. The van der Waals surface area contributed by atoms with Crippen LogP contribution in [0.25, 0.3) is 5.76 Å². The molecule has 0 saturated carbocycles. The molecule has 2 heterocycles. The molecule has 7 heteroatoms. The maximum atomic E-state index is 13.5. The number of pyridine rings is 1. The molecule has 180 valence electrons. The van der Waals surface area contributed by atoms with Crippen molar-refractivity contribution in [2.75, 3.05) is 19.1 Å². The molecular formula is C28H28N2O5. The minimum atomic E-state index is -0.891. The first-order valence-corrected chi connectivity index (χ1v) is 11.2. The average Bonchev–Trinajstić information content (AvgIpc) is 3.13. The normalized spacial score (nSPS) is 17.5. The van der Waals surface area contributed by atoms with E-state index in [1.54, 1.807) is 60.9 Å². The zero-order valence-corrected chi connectivity index (χ0v) is 20.4. The van der Waals surface area contributed by atoms with Crippen molar-refractivity contribution in [3.8, 4) is 11.5 Å². The van der Waals surface area contributed by atoms with Gasteiger partial charge in [-0.3, -0.25) is 19.5 Å². The van der Waals surface area contributed by atoms with Crippen LogP contribution in [-0.2, 0) is 15.0 Å². The SMILES string of the molecule is COc1ccc(C(C)(C)C)cc1/C(O)=C1\C(=O)C(=O)N(c2ccccc2OC)C1c1ccncc1. The van der Waals surface area contributed by atoms with E-state index in [0.717, 1.165) is 5.56 Å². The Morgan fingerprint density at radius 3 is 2.23 bits per heavy atom. The lowest BCUT2D eigenvalue weighted by atomic mass is 9.85. The quantitative estimate of drug-likeness (QED) is 0.319. The van der Waals surface area contributed by atoms with Crippen molar-refractivity contribution >= 4 is 23.1 Å². The number of aliphatic hydroxyl groups is 1. The lowest BCUT2D eigenvalue weighted by Crippen LogP contribution is -2.29. The van der Waals surface area contributed by atoms with Gasteiger partial charge in [0.25, 0.3) is 11.7 Å². The van der Waals surface area contributed by atoms with E-state index in [1.807, 2.05) is 6.07 Å². The fourth-order valence-electron chi connectivity index (χ4n) is 4.28. The summed E-state index contributed by atoms with van der Waals surface area (Å²) in [6.45, 7) is 6.16. The smallest absolute Gasteiger partial charge is 0.300 e. The van der Waals surface area contributed by atoms with E-state index in [1.165, 1.54) is 19.1 Å². The van der Waals surface area contributed by atoms with E-state index < -0.39 is 17.7 Å². The highest BCUT2D eigenvalue weighted by Crippen LogP contribution is 2.45. The second kappa shape index (κ2) is 9.25. The summed E-state index contributed by atoms with van der Waals surface area (Å²) in [5.74, 6) is -1.03. The van der Waals surface area contributed by atoms with Gasteiger partial charge in [-0.2, -0.15) is 0 Å². The molecule has 1 amide bonds. The van der Waals surface area contributed by atoms with Crippen LogP contribution >= 0.6 is 0 Å². The summed E-state index contributed by atoms with van der Waals surface area (Å²) in [7, 11) is 3.00. The van der Waals surface area contributed by atoms with Crippen LogP contribution in [0.3, 0.4) is 0 Å². The van der Waals surface area contributed by atoms with Crippen LogP contribution in [0.4, 0.5) is 5.69 Å². The highest BCUT2D eigenvalue weighted by molar-refractivity contribution is 6.52. The highest BCUT2D eigenvalue weighted by atomic mass is 16.5. The van der Waals surface area contributed by atoms with Crippen molar-refractivity contribution in [3.05, 3.63) is 89.3 Å². The first-order chi connectivity index (χ1) is 16.7. The summed E-state index contributed by atoms with van der Waals surface area (Å²) in [5.41, 5.74) is 2.09. The Hall–Kier alpha value is -4.13.